The zero-order valence-electron chi connectivity index (χ0n) is 15.8. The number of fused-ring (bicyclic) bond motifs is 3. The molecular formula is C19H18F3N5O3. The molecule has 0 spiro atoms. The second-order valence-electron chi connectivity index (χ2n) is 7.56. The molecule has 30 heavy (non-hydrogen) atoms. The van der Waals surface area contributed by atoms with Gasteiger partial charge in [0.2, 0.25) is 0 Å². The van der Waals surface area contributed by atoms with Gasteiger partial charge in [0, 0.05) is 17.8 Å². The molecule has 3 heterocycles. The molecule has 2 aliphatic heterocycles. The Morgan fingerprint density at radius 1 is 1.17 bits per heavy atom. The van der Waals surface area contributed by atoms with E-state index in [9.17, 15) is 22.8 Å². The number of hydrogen-bond acceptors (Lipinski definition) is 4. The van der Waals surface area contributed by atoms with Gasteiger partial charge >= 0.3 is 12.1 Å². The summed E-state index contributed by atoms with van der Waals surface area (Å²) in [6.07, 6.45) is 3.59. The van der Waals surface area contributed by atoms with Gasteiger partial charge in [-0.3, -0.25) is 9.58 Å². The molecule has 1 N–H and O–H groups in total. The van der Waals surface area contributed by atoms with Crippen LogP contribution in [0.1, 0.15) is 31.0 Å². The summed E-state index contributed by atoms with van der Waals surface area (Å²) in [5, 5.41) is 6.92. The summed E-state index contributed by atoms with van der Waals surface area (Å²) >= 11 is 0. The Bertz CT molecular complexity index is 1020. The number of ether oxygens (including phenoxy) is 1. The summed E-state index contributed by atoms with van der Waals surface area (Å²) in [5.41, 5.74) is 1.11. The van der Waals surface area contributed by atoms with E-state index < -0.39 is 29.6 Å². The van der Waals surface area contributed by atoms with Crippen LogP contribution in [-0.4, -0.2) is 46.0 Å². The van der Waals surface area contributed by atoms with Crippen LogP contribution >= 0.6 is 0 Å². The maximum atomic E-state index is 13.5. The van der Waals surface area contributed by atoms with Crippen LogP contribution in [0.15, 0.2) is 18.3 Å². The third-order valence-corrected chi connectivity index (χ3v) is 5.90. The zero-order chi connectivity index (χ0) is 21.0. The number of amides is 3. The van der Waals surface area contributed by atoms with Gasteiger partial charge in [0.1, 0.15) is 6.61 Å². The number of carbonyl (C=O) groups excluding carboxylic acids is 2. The molecular weight excluding hydrogens is 403 g/mol. The van der Waals surface area contributed by atoms with Crippen LogP contribution in [0, 0.1) is 17.5 Å². The second kappa shape index (κ2) is 6.92. The highest BCUT2D eigenvalue weighted by Gasteiger charge is 2.43. The number of urea groups is 1. The number of nitrogens with one attached hydrogen (secondary N) is 1. The molecule has 1 aromatic carbocycles. The van der Waals surface area contributed by atoms with E-state index in [0.29, 0.717) is 17.9 Å². The van der Waals surface area contributed by atoms with Crippen molar-refractivity contribution in [2.45, 2.75) is 37.9 Å². The number of aromatic nitrogens is 2. The molecule has 8 nitrogen and oxygen atoms in total. The van der Waals surface area contributed by atoms with E-state index in [0.717, 1.165) is 31.4 Å². The van der Waals surface area contributed by atoms with Crippen LogP contribution in [0.3, 0.4) is 0 Å². The van der Waals surface area contributed by atoms with Crippen LogP contribution in [0.5, 0.6) is 0 Å². The predicted octanol–water partition coefficient (Wildman–Crippen LogP) is 3.40. The normalized spacial score (nSPS) is 22.7. The van der Waals surface area contributed by atoms with Crippen molar-refractivity contribution in [3.8, 4) is 0 Å². The summed E-state index contributed by atoms with van der Waals surface area (Å²) in [6, 6.07) is 0.712. The first-order valence-corrected chi connectivity index (χ1v) is 9.67. The Balaban J connectivity index is 1.45. The van der Waals surface area contributed by atoms with Crippen LogP contribution in [0.4, 0.5) is 34.1 Å². The van der Waals surface area contributed by atoms with Crippen LogP contribution < -0.4 is 10.2 Å². The molecule has 2 fully saturated rings. The standard InChI is InChI=1S/C19H18F3N5O3/c20-11-6-10(7-12(21)17(11)22)24-18(28)26-9-16-15(25-4-5-30-19(25)29)8-23-27(16)14-3-1-2-13(14)26/h6-8,13-14H,1-5,9H2,(H,24,28)/t13-,14+/m0/s1. The van der Waals surface area contributed by atoms with Gasteiger partial charge in [-0.2, -0.15) is 5.10 Å². The summed E-state index contributed by atoms with van der Waals surface area (Å²) < 4.78 is 47.1. The molecule has 0 bridgehead atoms. The van der Waals surface area contributed by atoms with E-state index >= 15 is 0 Å². The average Bonchev–Trinajstić information content (AvgIpc) is 3.43. The molecule has 1 aromatic heterocycles. The van der Waals surface area contributed by atoms with Crippen molar-refractivity contribution in [1.82, 2.24) is 14.7 Å². The molecule has 2 aromatic rings. The minimum Gasteiger partial charge on any atom is -0.447 e. The first-order valence-electron chi connectivity index (χ1n) is 9.67. The molecule has 0 unspecified atom stereocenters. The molecule has 1 saturated carbocycles. The summed E-state index contributed by atoms with van der Waals surface area (Å²) in [5.74, 6) is -4.35. The maximum absolute atomic E-state index is 13.5. The minimum absolute atomic E-state index is 0.0615. The van der Waals surface area contributed by atoms with Gasteiger partial charge in [0.05, 0.1) is 42.8 Å². The van der Waals surface area contributed by atoms with Crippen molar-refractivity contribution in [2.24, 2.45) is 0 Å². The van der Waals surface area contributed by atoms with Crippen molar-refractivity contribution >= 4 is 23.5 Å². The molecule has 158 valence electrons. The van der Waals surface area contributed by atoms with E-state index in [4.69, 9.17) is 4.74 Å². The van der Waals surface area contributed by atoms with Gasteiger partial charge in [-0.25, -0.2) is 22.8 Å². The fourth-order valence-electron chi connectivity index (χ4n) is 4.55. The Labute approximate surface area is 169 Å². The molecule has 3 amide bonds. The number of carbonyl (C=O) groups is 2. The molecule has 3 aliphatic rings. The van der Waals surface area contributed by atoms with Crippen molar-refractivity contribution in [1.29, 1.82) is 0 Å². The quantitative estimate of drug-likeness (QED) is 0.754. The number of rotatable bonds is 2. The van der Waals surface area contributed by atoms with E-state index in [1.807, 2.05) is 4.68 Å². The van der Waals surface area contributed by atoms with Crippen LogP contribution in [0.25, 0.3) is 0 Å². The van der Waals surface area contributed by atoms with Gasteiger partial charge < -0.3 is 15.0 Å². The number of hydrogen-bond donors (Lipinski definition) is 1. The zero-order valence-corrected chi connectivity index (χ0v) is 15.8. The Hall–Kier alpha value is -3.24. The van der Waals surface area contributed by atoms with Gasteiger partial charge in [-0.1, -0.05) is 0 Å². The van der Waals surface area contributed by atoms with E-state index in [1.54, 1.807) is 11.1 Å². The molecule has 11 heteroatoms. The van der Waals surface area contributed by atoms with E-state index in [2.05, 4.69) is 10.4 Å². The Morgan fingerprint density at radius 2 is 1.90 bits per heavy atom. The average molecular weight is 421 g/mol. The van der Waals surface area contributed by atoms with Crippen LogP contribution in [0.2, 0.25) is 0 Å². The Morgan fingerprint density at radius 3 is 2.60 bits per heavy atom. The third-order valence-electron chi connectivity index (χ3n) is 5.90. The summed E-state index contributed by atoms with van der Waals surface area (Å²) in [6.45, 7) is 0.839. The molecule has 2 atom stereocenters. The topological polar surface area (TPSA) is 79.7 Å². The van der Waals surface area contributed by atoms with Gasteiger partial charge in [-0.05, 0) is 19.3 Å². The third kappa shape index (κ3) is 2.87. The Kier molecular flexibility index (Phi) is 4.33. The summed E-state index contributed by atoms with van der Waals surface area (Å²) in [4.78, 5) is 28.1. The van der Waals surface area contributed by atoms with Crippen molar-refractivity contribution in [2.75, 3.05) is 23.4 Å². The largest absolute Gasteiger partial charge is 0.447 e. The van der Waals surface area contributed by atoms with Crippen molar-refractivity contribution in [3.63, 3.8) is 0 Å². The lowest BCUT2D eigenvalue weighted by Crippen LogP contribution is -2.49. The molecule has 0 radical (unpaired) electrons. The number of cyclic esters (lactones) is 1. The first kappa shape index (κ1) is 18.8. The van der Waals surface area contributed by atoms with Gasteiger partial charge in [-0.15, -0.1) is 0 Å². The fraction of sp³-hybridized carbons (Fsp3) is 0.421. The highest BCUT2D eigenvalue weighted by atomic mass is 19.2. The lowest BCUT2D eigenvalue weighted by Gasteiger charge is -2.38. The monoisotopic (exact) mass is 421 g/mol. The van der Waals surface area contributed by atoms with Gasteiger partial charge in [0.15, 0.2) is 17.5 Å². The van der Waals surface area contributed by atoms with E-state index in [-0.39, 0.29) is 30.9 Å². The number of nitrogens with zero attached hydrogens (tertiary/aromatic N) is 4. The molecule has 1 aliphatic carbocycles. The SMILES string of the molecule is O=C1OCCN1c1cnn2c1CN(C(=O)Nc1cc(F)c(F)c(F)c1)[C@H]1CCC[C@H]12. The number of benzene rings is 1. The number of halogens is 3. The minimum atomic E-state index is -1.59. The predicted molar refractivity (Wildman–Crippen MR) is 98.5 cm³/mol. The van der Waals surface area contributed by atoms with Gasteiger partial charge in [0.25, 0.3) is 0 Å². The molecule has 5 rings (SSSR count). The summed E-state index contributed by atoms with van der Waals surface area (Å²) in [7, 11) is 0. The lowest BCUT2D eigenvalue weighted by molar-refractivity contribution is 0.139. The number of anilines is 2. The second-order valence-corrected chi connectivity index (χ2v) is 7.56. The maximum Gasteiger partial charge on any atom is 0.414 e. The first-order chi connectivity index (χ1) is 14.4. The lowest BCUT2D eigenvalue weighted by atomic mass is 10.1. The van der Waals surface area contributed by atoms with Crippen molar-refractivity contribution < 1.29 is 27.5 Å². The smallest absolute Gasteiger partial charge is 0.414 e. The fourth-order valence-corrected chi connectivity index (χ4v) is 4.55. The van der Waals surface area contributed by atoms with Crippen molar-refractivity contribution in [3.05, 3.63) is 41.5 Å². The van der Waals surface area contributed by atoms with E-state index in [1.165, 1.54) is 4.90 Å². The highest BCUT2D eigenvalue weighted by molar-refractivity contribution is 5.91. The van der Waals surface area contributed by atoms with Crippen LogP contribution in [-0.2, 0) is 11.3 Å². The highest BCUT2D eigenvalue weighted by Crippen LogP contribution is 2.41. The molecule has 1 saturated heterocycles.